The Hall–Kier alpha value is 0.0948. The van der Waals surface area contributed by atoms with Gasteiger partial charge in [-0.15, -0.1) is 0 Å². The molecule has 0 heterocycles. The first-order valence-corrected chi connectivity index (χ1v) is 2.13. The van der Waals surface area contributed by atoms with Crippen molar-refractivity contribution < 1.29 is 62.6 Å². The van der Waals surface area contributed by atoms with Gasteiger partial charge in [-0.05, 0) is 0 Å². The maximum Gasteiger partial charge on any atom is 1.00 e. The molecular formula is C4H4Li2O5. The van der Waals surface area contributed by atoms with Crippen LogP contribution in [0, 0.1) is 0 Å². The normalized spacial score (nSPS) is 10.3. The Bertz CT molecular complexity index is 136. The van der Waals surface area contributed by atoms with E-state index in [1.807, 2.05) is 0 Å². The fourth-order valence-corrected chi connectivity index (χ4v) is 0.241. The molecule has 1 atom stereocenters. The van der Waals surface area contributed by atoms with Crippen molar-refractivity contribution in [1.29, 1.82) is 0 Å². The summed E-state index contributed by atoms with van der Waals surface area (Å²) in [6.07, 6.45) is -2.89. The van der Waals surface area contributed by atoms with E-state index < -0.39 is 24.5 Å². The average molecular weight is 146 g/mol. The molecule has 0 saturated carbocycles. The van der Waals surface area contributed by atoms with Crippen LogP contribution in [-0.2, 0) is 9.59 Å². The molecule has 7 heteroatoms. The molecule has 52 valence electrons. The van der Waals surface area contributed by atoms with Crippen molar-refractivity contribution in [2.45, 2.75) is 12.5 Å². The summed E-state index contributed by atoms with van der Waals surface area (Å²) in [7, 11) is 0. The summed E-state index contributed by atoms with van der Waals surface area (Å²) in [6, 6.07) is 0. The molecule has 0 aliphatic carbocycles. The van der Waals surface area contributed by atoms with E-state index in [9.17, 15) is 19.8 Å². The van der Waals surface area contributed by atoms with Gasteiger partial charge in [0.1, 0.15) is 0 Å². The summed E-state index contributed by atoms with van der Waals surface area (Å²) in [5.41, 5.74) is 0. The molecule has 0 bridgehead atoms. The second-order valence-electron chi connectivity index (χ2n) is 1.41. The molecule has 0 saturated heterocycles. The molecule has 0 fully saturated rings. The van der Waals surface area contributed by atoms with Crippen LogP contribution in [-0.4, -0.2) is 23.1 Å². The molecule has 0 aliphatic rings. The number of rotatable bonds is 3. The number of carbonyl (C=O) groups is 2. The number of carboxylic acid groups (broad SMARTS) is 2. The molecule has 0 aliphatic heterocycles. The fraction of sp³-hybridized carbons (Fsp3) is 0.500. The SMILES string of the molecule is O=C([O-])CC(O)C(=O)[O-].[Li+].[Li+]. The standard InChI is InChI=1S/C4H6O5.2Li/c5-2(4(8)9)1-3(6)7;;/h2,5H,1H2,(H,6,7)(H,8,9);;/q;2*+1/p-2. The van der Waals surface area contributed by atoms with Crippen molar-refractivity contribution in [3.63, 3.8) is 0 Å². The Morgan fingerprint density at radius 1 is 1.27 bits per heavy atom. The summed E-state index contributed by atoms with van der Waals surface area (Å²) in [5, 5.41) is 27.3. The number of aliphatic hydroxyl groups is 1. The first-order chi connectivity index (χ1) is 4.04. The van der Waals surface area contributed by atoms with Crippen LogP contribution in [0.4, 0.5) is 0 Å². The van der Waals surface area contributed by atoms with Gasteiger partial charge in [0.25, 0.3) is 0 Å². The Balaban J connectivity index is -0.000000320. The molecule has 0 aromatic carbocycles. The van der Waals surface area contributed by atoms with E-state index in [-0.39, 0.29) is 37.7 Å². The minimum Gasteiger partial charge on any atom is -0.550 e. The summed E-state index contributed by atoms with van der Waals surface area (Å²) in [5.74, 6) is -3.43. The van der Waals surface area contributed by atoms with E-state index in [1.165, 1.54) is 0 Å². The van der Waals surface area contributed by atoms with Gasteiger partial charge in [-0.1, -0.05) is 0 Å². The van der Waals surface area contributed by atoms with Crippen molar-refractivity contribution in [3.05, 3.63) is 0 Å². The van der Waals surface area contributed by atoms with Gasteiger partial charge >= 0.3 is 37.7 Å². The molecular weight excluding hydrogens is 142 g/mol. The molecule has 1 N–H and O–H groups in total. The van der Waals surface area contributed by atoms with Gasteiger partial charge in [0.15, 0.2) is 0 Å². The summed E-state index contributed by atoms with van der Waals surface area (Å²) >= 11 is 0. The van der Waals surface area contributed by atoms with E-state index in [2.05, 4.69) is 0 Å². The van der Waals surface area contributed by atoms with Crippen LogP contribution in [0.1, 0.15) is 6.42 Å². The van der Waals surface area contributed by atoms with Crippen molar-refractivity contribution in [2.75, 3.05) is 0 Å². The number of hydrogen-bond donors (Lipinski definition) is 1. The maximum absolute atomic E-state index is 9.58. The van der Waals surface area contributed by atoms with Gasteiger partial charge in [0, 0.05) is 12.4 Å². The maximum atomic E-state index is 9.58. The van der Waals surface area contributed by atoms with Gasteiger partial charge in [-0.25, -0.2) is 0 Å². The second kappa shape index (κ2) is 8.19. The van der Waals surface area contributed by atoms with Crippen LogP contribution in [0.3, 0.4) is 0 Å². The minimum atomic E-state index is -1.96. The number of aliphatic carboxylic acids is 2. The van der Waals surface area contributed by atoms with Crippen molar-refractivity contribution in [1.82, 2.24) is 0 Å². The number of carbonyl (C=O) groups excluding carboxylic acids is 2. The number of aliphatic hydroxyl groups excluding tert-OH is 1. The van der Waals surface area contributed by atoms with Crippen LogP contribution in [0.2, 0.25) is 0 Å². The van der Waals surface area contributed by atoms with Crippen molar-refractivity contribution >= 4 is 11.9 Å². The second-order valence-corrected chi connectivity index (χ2v) is 1.41. The molecule has 0 aromatic heterocycles. The zero-order valence-electron chi connectivity index (χ0n) is 6.36. The Labute approximate surface area is 87.1 Å². The zero-order chi connectivity index (χ0) is 7.44. The van der Waals surface area contributed by atoms with Crippen LogP contribution in [0.15, 0.2) is 0 Å². The van der Waals surface area contributed by atoms with Gasteiger partial charge in [0.2, 0.25) is 0 Å². The van der Waals surface area contributed by atoms with Gasteiger partial charge in [-0.3, -0.25) is 0 Å². The molecule has 5 nitrogen and oxygen atoms in total. The van der Waals surface area contributed by atoms with E-state index >= 15 is 0 Å². The van der Waals surface area contributed by atoms with E-state index in [0.717, 1.165) is 0 Å². The van der Waals surface area contributed by atoms with Crippen LogP contribution in [0.5, 0.6) is 0 Å². The topological polar surface area (TPSA) is 100 Å². The molecule has 11 heavy (non-hydrogen) atoms. The van der Waals surface area contributed by atoms with Gasteiger partial charge in [-0.2, -0.15) is 0 Å². The first-order valence-electron chi connectivity index (χ1n) is 2.13. The van der Waals surface area contributed by atoms with Crippen molar-refractivity contribution in [3.8, 4) is 0 Å². The van der Waals surface area contributed by atoms with Crippen LogP contribution >= 0.6 is 0 Å². The summed E-state index contributed by atoms with van der Waals surface area (Å²) in [6.45, 7) is 0. The quantitative estimate of drug-likeness (QED) is 0.398. The molecule has 0 amide bonds. The summed E-state index contributed by atoms with van der Waals surface area (Å²) in [4.78, 5) is 19.1. The third-order valence-electron chi connectivity index (χ3n) is 0.632. The zero-order valence-corrected chi connectivity index (χ0v) is 6.36. The molecule has 0 spiro atoms. The van der Waals surface area contributed by atoms with Crippen LogP contribution < -0.4 is 47.9 Å². The predicted molar refractivity (Wildman–Crippen MR) is 20.6 cm³/mol. The molecule has 0 radical (unpaired) electrons. The first kappa shape index (κ1) is 17.3. The Morgan fingerprint density at radius 3 is 1.73 bits per heavy atom. The molecule has 0 rings (SSSR count). The Morgan fingerprint density at radius 2 is 1.64 bits per heavy atom. The largest absolute Gasteiger partial charge is 1.00 e. The minimum absolute atomic E-state index is 0. The Kier molecular flexibility index (Phi) is 12.9. The predicted octanol–water partition coefficient (Wildman–Crippen LogP) is -9.75. The van der Waals surface area contributed by atoms with E-state index in [1.54, 1.807) is 0 Å². The monoisotopic (exact) mass is 146 g/mol. The van der Waals surface area contributed by atoms with Crippen molar-refractivity contribution in [2.24, 2.45) is 0 Å². The summed E-state index contributed by atoms with van der Waals surface area (Å²) < 4.78 is 0. The molecule has 0 aromatic rings. The number of hydrogen-bond acceptors (Lipinski definition) is 5. The van der Waals surface area contributed by atoms with Crippen LogP contribution in [0.25, 0.3) is 0 Å². The smallest absolute Gasteiger partial charge is 0.550 e. The van der Waals surface area contributed by atoms with Gasteiger partial charge in [0.05, 0.1) is 12.1 Å². The van der Waals surface area contributed by atoms with E-state index in [4.69, 9.17) is 5.11 Å². The fourth-order valence-electron chi connectivity index (χ4n) is 0.241. The molecule has 1 unspecified atom stereocenters. The van der Waals surface area contributed by atoms with Gasteiger partial charge < -0.3 is 24.9 Å². The average Bonchev–Trinajstić information content (AvgIpc) is 1.63. The number of carboxylic acids is 2. The third-order valence-corrected chi connectivity index (χ3v) is 0.632. The van der Waals surface area contributed by atoms with E-state index in [0.29, 0.717) is 0 Å². The third kappa shape index (κ3) is 10.1.